The predicted molar refractivity (Wildman–Crippen MR) is 98.7 cm³/mol. The molecule has 0 aliphatic carbocycles. The Balaban J connectivity index is 2.15. The van der Waals surface area contributed by atoms with Crippen LogP contribution < -0.4 is 0 Å². The molecule has 0 atom stereocenters. The SMILES string of the molecule is Cc1ccc(N=Nc2c(C(C)(C)C)nc3cc(C)ccn23)c(C)c1. The minimum atomic E-state index is -0.101. The molecule has 0 spiro atoms. The average molecular weight is 320 g/mol. The lowest BCUT2D eigenvalue weighted by atomic mass is 9.92. The lowest BCUT2D eigenvalue weighted by Crippen LogP contribution is -2.11. The van der Waals surface area contributed by atoms with Crippen LogP contribution in [0.2, 0.25) is 0 Å². The van der Waals surface area contributed by atoms with Crippen molar-refractivity contribution in [3.8, 4) is 0 Å². The van der Waals surface area contributed by atoms with E-state index in [4.69, 9.17) is 4.98 Å². The molecule has 3 rings (SSSR count). The van der Waals surface area contributed by atoms with Crippen molar-refractivity contribution in [2.75, 3.05) is 0 Å². The zero-order valence-electron chi connectivity index (χ0n) is 15.3. The van der Waals surface area contributed by atoms with E-state index in [0.29, 0.717) is 0 Å². The van der Waals surface area contributed by atoms with Crippen LogP contribution in [-0.4, -0.2) is 9.38 Å². The van der Waals surface area contributed by atoms with Crippen molar-refractivity contribution in [3.05, 3.63) is 58.9 Å². The first-order valence-corrected chi connectivity index (χ1v) is 8.24. The van der Waals surface area contributed by atoms with Crippen LogP contribution in [0, 0.1) is 20.8 Å². The third-order valence-corrected chi connectivity index (χ3v) is 4.07. The summed E-state index contributed by atoms with van der Waals surface area (Å²) >= 11 is 0. The summed E-state index contributed by atoms with van der Waals surface area (Å²) in [5.74, 6) is 0.803. The van der Waals surface area contributed by atoms with Gasteiger partial charge in [0.2, 0.25) is 0 Å². The van der Waals surface area contributed by atoms with Crippen LogP contribution in [0.4, 0.5) is 11.5 Å². The maximum absolute atomic E-state index is 4.80. The predicted octanol–water partition coefficient (Wildman–Crippen LogP) is 5.97. The molecule has 124 valence electrons. The Morgan fingerprint density at radius 2 is 1.62 bits per heavy atom. The molecule has 0 amide bonds. The highest BCUT2D eigenvalue weighted by molar-refractivity contribution is 5.56. The number of hydrogen-bond donors (Lipinski definition) is 0. The summed E-state index contributed by atoms with van der Waals surface area (Å²) in [6, 6.07) is 10.3. The molecular formula is C20H24N4. The van der Waals surface area contributed by atoms with Gasteiger partial charge in [0, 0.05) is 11.6 Å². The lowest BCUT2D eigenvalue weighted by Gasteiger charge is -2.15. The van der Waals surface area contributed by atoms with Crippen molar-refractivity contribution in [2.24, 2.45) is 10.2 Å². The summed E-state index contributed by atoms with van der Waals surface area (Å²) in [7, 11) is 0. The molecule has 2 aromatic heterocycles. The number of fused-ring (bicyclic) bond motifs is 1. The number of aromatic nitrogens is 2. The Morgan fingerprint density at radius 3 is 2.29 bits per heavy atom. The monoisotopic (exact) mass is 320 g/mol. The zero-order valence-corrected chi connectivity index (χ0v) is 15.3. The van der Waals surface area contributed by atoms with Crippen molar-refractivity contribution < 1.29 is 0 Å². The van der Waals surface area contributed by atoms with Crippen molar-refractivity contribution in [2.45, 2.75) is 47.0 Å². The van der Waals surface area contributed by atoms with Gasteiger partial charge in [0.25, 0.3) is 0 Å². The standard InChI is InChI=1S/C20H24N4/c1-13-7-8-16(15(3)11-13)22-23-19-18(20(4,5)6)21-17-12-14(2)9-10-24(17)19/h7-12H,1-6H3. The van der Waals surface area contributed by atoms with Crippen LogP contribution in [-0.2, 0) is 5.41 Å². The maximum atomic E-state index is 4.80. The molecule has 2 heterocycles. The van der Waals surface area contributed by atoms with Crippen molar-refractivity contribution in [1.82, 2.24) is 9.38 Å². The quantitative estimate of drug-likeness (QED) is 0.536. The molecule has 0 saturated heterocycles. The van der Waals surface area contributed by atoms with E-state index in [0.717, 1.165) is 28.4 Å². The molecule has 0 aliphatic rings. The number of hydrogen-bond acceptors (Lipinski definition) is 3. The van der Waals surface area contributed by atoms with E-state index in [2.05, 4.69) is 76.0 Å². The zero-order chi connectivity index (χ0) is 17.5. The Bertz CT molecular complexity index is 927. The Kier molecular flexibility index (Phi) is 3.99. The highest BCUT2D eigenvalue weighted by atomic mass is 15.2. The van der Waals surface area contributed by atoms with Gasteiger partial charge in [-0.1, -0.05) is 38.5 Å². The number of aryl methyl sites for hydroxylation is 3. The van der Waals surface area contributed by atoms with Gasteiger partial charge < -0.3 is 0 Å². The van der Waals surface area contributed by atoms with Crippen LogP contribution in [0.25, 0.3) is 5.65 Å². The second-order valence-corrected chi connectivity index (χ2v) is 7.46. The maximum Gasteiger partial charge on any atom is 0.183 e. The first kappa shape index (κ1) is 16.4. The van der Waals surface area contributed by atoms with Gasteiger partial charge in [0.1, 0.15) is 5.65 Å². The summed E-state index contributed by atoms with van der Waals surface area (Å²) in [5.41, 5.74) is 6.20. The molecule has 3 aromatic rings. The Labute approximate surface area is 143 Å². The molecule has 1 aromatic carbocycles. The lowest BCUT2D eigenvalue weighted by molar-refractivity contribution is 0.574. The first-order valence-electron chi connectivity index (χ1n) is 8.24. The topological polar surface area (TPSA) is 42.0 Å². The fraction of sp³-hybridized carbons (Fsp3) is 0.350. The van der Waals surface area contributed by atoms with Gasteiger partial charge in [-0.05, 0) is 50.1 Å². The normalized spacial score (nSPS) is 12.4. The Hall–Kier alpha value is -2.49. The number of imidazole rings is 1. The van der Waals surface area contributed by atoms with Gasteiger partial charge in [-0.2, -0.15) is 0 Å². The third kappa shape index (κ3) is 3.09. The molecule has 0 bridgehead atoms. The number of pyridine rings is 1. The average Bonchev–Trinajstić information content (AvgIpc) is 2.84. The second kappa shape index (κ2) is 5.86. The van der Waals surface area contributed by atoms with E-state index in [-0.39, 0.29) is 5.41 Å². The molecule has 0 saturated carbocycles. The second-order valence-electron chi connectivity index (χ2n) is 7.46. The van der Waals surface area contributed by atoms with Crippen molar-refractivity contribution in [3.63, 3.8) is 0 Å². The van der Waals surface area contributed by atoms with E-state index in [1.165, 1.54) is 11.1 Å². The minimum absolute atomic E-state index is 0.101. The molecule has 0 fully saturated rings. The highest BCUT2D eigenvalue weighted by Crippen LogP contribution is 2.33. The molecule has 0 unspecified atom stereocenters. The fourth-order valence-electron chi connectivity index (χ4n) is 2.75. The van der Waals surface area contributed by atoms with Crippen LogP contribution in [0.1, 0.15) is 43.2 Å². The highest BCUT2D eigenvalue weighted by Gasteiger charge is 2.24. The van der Waals surface area contributed by atoms with Gasteiger partial charge in [-0.3, -0.25) is 4.40 Å². The fourth-order valence-corrected chi connectivity index (χ4v) is 2.75. The summed E-state index contributed by atoms with van der Waals surface area (Å²) in [4.78, 5) is 4.80. The summed E-state index contributed by atoms with van der Waals surface area (Å²) < 4.78 is 2.01. The Morgan fingerprint density at radius 1 is 0.917 bits per heavy atom. The van der Waals surface area contributed by atoms with E-state index in [9.17, 15) is 0 Å². The number of nitrogens with zero attached hydrogens (tertiary/aromatic N) is 4. The van der Waals surface area contributed by atoms with Gasteiger partial charge in [-0.15, -0.1) is 10.2 Å². The number of benzene rings is 1. The van der Waals surface area contributed by atoms with E-state index in [1.54, 1.807) is 0 Å². The van der Waals surface area contributed by atoms with Crippen LogP contribution in [0.3, 0.4) is 0 Å². The van der Waals surface area contributed by atoms with Gasteiger partial charge in [-0.25, -0.2) is 4.98 Å². The van der Waals surface area contributed by atoms with Crippen molar-refractivity contribution >= 4 is 17.2 Å². The molecule has 0 radical (unpaired) electrons. The summed E-state index contributed by atoms with van der Waals surface area (Å²) in [6.07, 6.45) is 2.02. The molecular weight excluding hydrogens is 296 g/mol. The molecule has 0 aliphatic heterocycles. The van der Waals surface area contributed by atoms with Gasteiger partial charge >= 0.3 is 0 Å². The smallest absolute Gasteiger partial charge is 0.183 e. The van der Waals surface area contributed by atoms with E-state index < -0.39 is 0 Å². The number of azo groups is 1. The first-order chi connectivity index (χ1) is 11.3. The summed E-state index contributed by atoms with van der Waals surface area (Å²) in [6.45, 7) is 12.7. The van der Waals surface area contributed by atoms with Crippen LogP contribution >= 0.6 is 0 Å². The van der Waals surface area contributed by atoms with E-state index >= 15 is 0 Å². The van der Waals surface area contributed by atoms with Gasteiger partial charge in [0.05, 0.1) is 11.4 Å². The van der Waals surface area contributed by atoms with Crippen LogP contribution in [0.15, 0.2) is 46.8 Å². The summed E-state index contributed by atoms with van der Waals surface area (Å²) in [5, 5.41) is 9.08. The van der Waals surface area contributed by atoms with E-state index in [1.807, 2.05) is 16.7 Å². The molecule has 4 nitrogen and oxygen atoms in total. The number of rotatable bonds is 2. The van der Waals surface area contributed by atoms with Crippen molar-refractivity contribution in [1.29, 1.82) is 0 Å². The van der Waals surface area contributed by atoms with Crippen LogP contribution in [0.5, 0.6) is 0 Å². The third-order valence-electron chi connectivity index (χ3n) is 4.07. The molecule has 0 N–H and O–H groups in total. The van der Waals surface area contributed by atoms with Gasteiger partial charge in [0.15, 0.2) is 5.82 Å². The molecule has 4 heteroatoms. The largest absolute Gasteiger partial charge is 0.283 e. The minimum Gasteiger partial charge on any atom is -0.283 e. The molecule has 24 heavy (non-hydrogen) atoms.